The quantitative estimate of drug-likeness (QED) is 0.631. The van der Waals surface area contributed by atoms with Gasteiger partial charge in [0.2, 0.25) is 5.91 Å². The Morgan fingerprint density at radius 2 is 1.89 bits per heavy atom. The lowest BCUT2D eigenvalue weighted by Gasteiger charge is -2.07. The fourth-order valence-corrected chi connectivity index (χ4v) is 4.46. The van der Waals surface area contributed by atoms with Crippen LogP contribution in [0.1, 0.15) is 28.2 Å². The van der Waals surface area contributed by atoms with Gasteiger partial charge < -0.3 is 10.6 Å². The first kappa shape index (κ1) is 18.0. The van der Waals surface area contributed by atoms with E-state index < -0.39 is 0 Å². The average molecular weight is 398 g/mol. The maximum Gasteiger partial charge on any atom is 0.251 e. The SMILES string of the molecule is O=C(CSCc1nc2ccccc2s1)Nc1ccc(C(=O)NC2CC2)cc1. The maximum absolute atomic E-state index is 12.1. The van der Waals surface area contributed by atoms with Crippen molar-refractivity contribution in [2.45, 2.75) is 24.6 Å². The van der Waals surface area contributed by atoms with Gasteiger partial charge in [-0.05, 0) is 49.2 Å². The minimum absolute atomic E-state index is 0.0539. The van der Waals surface area contributed by atoms with Crippen LogP contribution in [0, 0.1) is 0 Å². The van der Waals surface area contributed by atoms with Crippen molar-refractivity contribution in [3.05, 3.63) is 59.1 Å². The van der Waals surface area contributed by atoms with Crippen molar-refractivity contribution in [2.24, 2.45) is 0 Å². The molecule has 2 N–H and O–H groups in total. The number of thioether (sulfide) groups is 1. The van der Waals surface area contributed by atoms with E-state index in [2.05, 4.69) is 21.7 Å². The summed E-state index contributed by atoms with van der Waals surface area (Å²) < 4.78 is 1.17. The number of hydrogen-bond donors (Lipinski definition) is 2. The van der Waals surface area contributed by atoms with E-state index in [-0.39, 0.29) is 11.8 Å². The number of rotatable bonds is 7. The highest BCUT2D eigenvalue weighted by Crippen LogP contribution is 2.25. The molecule has 138 valence electrons. The Kier molecular flexibility index (Phi) is 5.40. The van der Waals surface area contributed by atoms with Crippen LogP contribution in [0.3, 0.4) is 0 Å². The fourth-order valence-electron chi connectivity index (χ4n) is 2.61. The van der Waals surface area contributed by atoms with E-state index in [4.69, 9.17) is 0 Å². The third kappa shape index (κ3) is 4.87. The van der Waals surface area contributed by atoms with E-state index >= 15 is 0 Å². The molecule has 0 bridgehead atoms. The monoisotopic (exact) mass is 397 g/mol. The number of thiazole rings is 1. The van der Waals surface area contributed by atoms with E-state index in [1.807, 2.05) is 18.2 Å². The van der Waals surface area contributed by atoms with E-state index in [0.717, 1.165) is 23.4 Å². The normalized spacial score (nSPS) is 13.5. The summed E-state index contributed by atoms with van der Waals surface area (Å²) in [6.45, 7) is 0. The highest BCUT2D eigenvalue weighted by molar-refractivity contribution is 7.99. The topological polar surface area (TPSA) is 71.1 Å². The number of amides is 2. The van der Waals surface area contributed by atoms with Crippen LogP contribution in [0.5, 0.6) is 0 Å². The molecule has 2 amide bonds. The molecule has 0 aliphatic heterocycles. The second kappa shape index (κ2) is 8.10. The highest BCUT2D eigenvalue weighted by atomic mass is 32.2. The van der Waals surface area contributed by atoms with Gasteiger partial charge in [-0.1, -0.05) is 12.1 Å². The van der Waals surface area contributed by atoms with Crippen LogP contribution in [0.15, 0.2) is 48.5 Å². The van der Waals surface area contributed by atoms with Gasteiger partial charge in [0.15, 0.2) is 0 Å². The summed E-state index contributed by atoms with van der Waals surface area (Å²) >= 11 is 3.21. The van der Waals surface area contributed by atoms with Crippen molar-refractivity contribution >= 4 is 50.8 Å². The van der Waals surface area contributed by atoms with Crippen molar-refractivity contribution in [1.82, 2.24) is 10.3 Å². The van der Waals surface area contributed by atoms with Crippen LogP contribution in [0.25, 0.3) is 10.2 Å². The minimum Gasteiger partial charge on any atom is -0.349 e. The van der Waals surface area contributed by atoms with Gasteiger partial charge in [-0.2, -0.15) is 0 Å². The average Bonchev–Trinajstić information content (AvgIpc) is 3.38. The van der Waals surface area contributed by atoms with Gasteiger partial charge >= 0.3 is 0 Å². The number of carbonyl (C=O) groups excluding carboxylic acids is 2. The molecular formula is C20H19N3O2S2. The third-order valence-electron chi connectivity index (χ3n) is 4.14. The van der Waals surface area contributed by atoms with E-state index in [1.54, 1.807) is 47.4 Å². The molecule has 0 unspecified atom stereocenters. The summed E-state index contributed by atoms with van der Waals surface area (Å²) in [5.41, 5.74) is 2.32. The van der Waals surface area contributed by atoms with Crippen LogP contribution < -0.4 is 10.6 Å². The number of nitrogens with zero attached hydrogens (tertiary/aromatic N) is 1. The fraction of sp³-hybridized carbons (Fsp3) is 0.250. The van der Waals surface area contributed by atoms with Gasteiger partial charge in [0.1, 0.15) is 5.01 Å². The number of anilines is 1. The van der Waals surface area contributed by atoms with E-state index in [0.29, 0.717) is 28.8 Å². The van der Waals surface area contributed by atoms with Crippen molar-refractivity contribution in [2.75, 3.05) is 11.1 Å². The number of fused-ring (bicyclic) bond motifs is 1. The lowest BCUT2D eigenvalue weighted by atomic mass is 10.2. The number of nitrogens with one attached hydrogen (secondary N) is 2. The van der Waals surface area contributed by atoms with Crippen molar-refractivity contribution in [3.63, 3.8) is 0 Å². The molecule has 1 fully saturated rings. The number of benzene rings is 2. The second-order valence-corrected chi connectivity index (χ2v) is 8.54. The first-order valence-electron chi connectivity index (χ1n) is 8.80. The van der Waals surface area contributed by atoms with Crippen LogP contribution in [-0.2, 0) is 10.5 Å². The molecule has 2 aromatic carbocycles. The maximum atomic E-state index is 12.1. The summed E-state index contributed by atoms with van der Waals surface area (Å²) in [6, 6.07) is 15.4. The van der Waals surface area contributed by atoms with Crippen LogP contribution >= 0.6 is 23.1 Å². The molecule has 27 heavy (non-hydrogen) atoms. The third-order valence-corrected chi connectivity index (χ3v) is 6.30. The summed E-state index contributed by atoms with van der Waals surface area (Å²) in [6.07, 6.45) is 2.13. The van der Waals surface area contributed by atoms with Gasteiger partial charge in [0.05, 0.1) is 16.0 Å². The van der Waals surface area contributed by atoms with E-state index in [9.17, 15) is 9.59 Å². The Bertz CT molecular complexity index is 932. The molecule has 1 aliphatic carbocycles. The van der Waals surface area contributed by atoms with Crippen LogP contribution in [0.4, 0.5) is 5.69 Å². The zero-order valence-corrected chi connectivity index (χ0v) is 16.2. The molecule has 4 rings (SSSR count). The standard InChI is InChI=1S/C20H19N3O2S2/c24-18(11-26-12-19-23-16-3-1-2-4-17(16)27-19)21-14-7-5-13(6-8-14)20(25)22-15-9-10-15/h1-8,15H,9-12H2,(H,21,24)(H,22,25). The van der Waals surface area contributed by atoms with Gasteiger partial charge in [-0.3, -0.25) is 9.59 Å². The first-order valence-corrected chi connectivity index (χ1v) is 10.8. The molecule has 0 radical (unpaired) electrons. The molecule has 7 heteroatoms. The van der Waals surface area contributed by atoms with Crippen LogP contribution in [-0.4, -0.2) is 28.6 Å². The molecule has 1 aromatic heterocycles. The Hall–Kier alpha value is -2.38. The summed E-state index contributed by atoms with van der Waals surface area (Å²) in [4.78, 5) is 28.7. The summed E-state index contributed by atoms with van der Waals surface area (Å²) in [5, 5.41) is 6.84. The molecule has 3 aromatic rings. The zero-order valence-electron chi connectivity index (χ0n) is 14.6. The number of hydrogen-bond acceptors (Lipinski definition) is 5. The molecule has 1 saturated carbocycles. The molecule has 5 nitrogen and oxygen atoms in total. The lowest BCUT2D eigenvalue weighted by Crippen LogP contribution is -2.25. The Balaban J connectivity index is 1.24. The molecule has 1 heterocycles. The van der Waals surface area contributed by atoms with Crippen molar-refractivity contribution in [1.29, 1.82) is 0 Å². The van der Waals surface area contributed by atoms with Crippen LogP contribution in [0.2, 0.25) is 0 Å². The lowest BCUT2D eigenvalue weighted by molar-refractivity contribution is -0.113. The molecule has 0 atom stereocenters. The van der Waals surface area contributed by atoms with Gasteiger partial charge in [0, 0.05) is 23.0 Å². The summed E-state index contributed by atoms with van der Waals surface area (Å²) in [5.74, 6) is 0.963. The Morgan fingerprint density at radius 3 is 2.63 bits per heavy atom. The molecule has 0 saturated heterocycles. The second-order valence-electron chi connectivity index (χ2n) is 6.44. The largest absolute Gasteiger partial charge is 0.349 e. The van der Waals surface area contributed by atoms with Gasteiger partial charge in [0.25, 0.3) is 5.91 Å². The zero-order chi connectivity index (χ0) is 18.6. The van der Waals surface area contributed by atoms with Crippen molar-refractivity contribution in [3.8, 4) is 0 Å². The molecule has 0 spiro atoms. The van der Waals surface area contributed by atoms with Crippen molar-refractivity contribution < 1.29 is 9.59 Å². The number of para-hydroxylation sites is 1. The summed E-state index contributed by atoms with van der Waals surface area (Å²) in [7, 11) is 0. The molecule has 1 aliphatic rings. The highest BCUT2D eigenvalue weighted by Gasteiger charge is 2.23. The molecular weight excluding hydrogens is 378 g/mol. The number of aromatic nitrogens is 1. The predicted molar refractivity (Wildman–Crippen MR) is 111 cm³/mol. The Labute approximate surface area is 165 Å². The predicted octanol–water partition coefficient (Wildman–Crippen LogP) is 4.06. The minimum atomic E-state index is -0.0590. The Morgan fingerprint density at radius 1 is 1.11 bits per heavy atom. The first-order chi connectivity index (χ1) is 13.2. The van der Waals surface area contributed by atoms with E-state index in [1.165, 1.54) is 4.70 Å². The number of carbonyl (C=O) groups is 2. The van der Waals surface area contributed by atoms with Gasteiger partial charge in [-0.15, -0.1) is 23.1 Å². The van der Waals surface area contributed by atoms with Gasteiger partial charge in [-0.25, -0.2) is 4.98 Å². The smallest absolute Gasteiger partial charge is 0.251 e.